The van der Waals surface area contributed by atoms with Gasteiger partial charge < -0.3 is 14.6 Å². The molecule has 1 saturated heterocycles. The van der Waals surface area contributed by atoms with Crippen molar-refractivity contribution in [1.82, 2.24) is 25.1 Å². The van der Waals surface area contributed by atoms with Crippen LogP contribution in [0.3, 0.4) is 0 Å². The number of aryl methyl sites for hydroxylation is 1. The van der Waals surface area contributed by atoms with Crippen molar-refractivity contribution in [2.24, 2.45) is 0 Å². The number of para-hydroxylation sites is 1. The van der Waals surface area contributed by atoms with Crippen molar-refractivity contribution in [1.29, 1.82) is 0 Å². The highest BCUT2D eigenvalue weighted by Crippen LogP contribution is 2.36. The van der Waals surface area contributed by atoms with Gasteiger partial charge in [-0.25, -0.2) is 0 Å². The van der Waals surface area contributed by atoms with Crippen LogP contribution in [0.25, 0.3) is 10.9 Å². The van der Waals surface area contributed by atoms with Crippen LogP contribution in [0.1, 0.15) is 36.3 Å². The molecule has 41 heavy (non-hydrogen) atoms. The molecule has 0 aliphatic carbocycles. The van der Waals surface area contributed by atoms with Crippen molar-refractivity contribution < 1.29 is 27.5 Å². The number of piperidine rings is 1. The van der Waals surface area contributed by atoms with Crippen LogP contribution >= 0.6 is 12.2 Å². The standard InChI is InChI=1S/C28H27F3N6O3S/c1-16-13-18(21-5-3-4-6-23(21)32-16)15-40-20-9-7-19(8-10-20)37(26(39)28(29,30)31)24-14-36(17(2)38)12-11-22(24)25-33-27(41)35-34-25/h3-10,13,22,24H,11-12,14-15H2,1-2H3,(H2,33,34,35,41). The maximum Gasteiger partial charge on any atom is 0.471 e. The summed E-state index contributed by atoms with van der Waals surface area (Å²) in [5.74, 6) is -2.24. The molecule has 214 valence electrons. The monoisotopic (exact) mass is 584 g/mol. The van der Waals surface area contributed by atoms with Gasteiger partial charge in [0.25, 0.3) is 0 Å². The van der Waals surface area contributed by atoms with E-state index in [0.29, 0.717) is 23.0 Å². The largest absolute Gasteiger partial charge is 0.489 e. The number of hydrogen-bond acceptors (Lipinski definition) is 6. The van der Waals surface area contributed by atoms with E-state index in [2.05, 4.69) is 20.2 Å². The van der Waals surface area contributed by atoms with Gasteiger partial charge in [-0.3, -0.25) is 24.6 Å². The number of H-pyrrole nitrogens is 2. The first-order valence-corrected chi connectivity index (χ1v) is 13.3. The Morgan fingerprint density at radius 1 is 1.17 bits per heavy atom. The Morgan fingerprint density at radius 3 is 2.56 bits per heavy atom. The second kappa shape index (κ2) is 11.3. The molecule has 0 bridgehead atoms. The van der Waals surface area contributed by atoms with E-state index in [-0.39, 0.29) is 35.9 Å². The maximum absolute atomic E-state index is 13.9. The number of rotatable bonds is 6. The Kier molecular flexibility index (Phi) is 7.80. The van der Waals surface area contributed by atoms with Gasteiger partial charge in [-0.2, -0.15) is 18.3 Å². The predicted molar refractivity (Wildman–Crippen MR) is 148 cm³/mol. The van der Waals surface area contributed by atoms with Gasteiger partial charge >= 0.3 is 12.1 Å². The lowest BCUT2D eigenvalue weighted by Gasteiger charge is -2.43. The first-order valence-electron chi connectivity index (χ1n) is 12.9. The van der Waals surface area contributed by atoms with Gasteiger partial charge in [0.15, 0.2) is 4.77 Å². The predicted octanol–water partition coefficient (Wildman–Crippen LogP) is 5.20. The second-order valence-corrected chi connectivity index (χ2v) is 10.3. The number of ether oxygens (including phenoxy) is 1. The molecule has 1 fully saturated rings. The first kappa shape index (κ1) is 28.3. The molecule has 3 heterocycles. The van der Waals surface area contributed by atoms with Crippen LogP contribution in [0.15, 0.2) is 54.6 Å². The number of nitrogens with zero attached hydrogens (tertiary/aromatic N) is 4. The highest BCUT2D eigenvalue weighted by Gasteiger charge is 2.49. The number of carbonyl (C=O) groups is 2. The van der Waals surface area contributed by atoms with Crippen molar-refractivity contribution in [3.05, 3.63) is 76.5 Å². The van der Waals surface area contributed by atoms with Crippen LogP contribution in [0, 0.1) is 11.7 Å². The highest BCUT2D eigenvalue weighted by molar-refractivity contribution is 7.71. The van der Waals surface area contributed by atoms with Crippen molar-refractivity contribution >= 4 is 40.6 Å². The van der Waals surface area contributed by atoms with Gasteiger partial charge in [0, 0.05) is 48.3 Å². The molecule has 9 nitrogen and oxygen atoms in total. The Hall–Kier alpha value is -4.26. The number of aromatic nitrogens is 4. The summed E-state index contributed by atoms with van der Waals surface area (Å²) in [6.45, 7) is 3.63. The number of amides is 2. The molecule has 13 heteroatoms. The van der Waals surface area contributed by atoms with Crippen LogP contribution in [0.5, 0.6) is 5.75 Å². The zero-order valence-corrected chi connectivity index (χ0v) is 23.1. The van der Waals surface area contributed by atoms with Crippen LogP contribution in [0.4, 0.5) is 18.9 Å². The number of aromatic amines is 2. The third kappa shape index (κ3) is 6.09. The normalized spacial score (nSPS) is 17.4. The number of hydrogen-bond donors (Lipinski definition) is 2. The molecule has 2 N–H and O–H groups in total. The van der Waals surface area contributed by atoms with Crippen LogP contribution < -0.4 is 9.64 Å². The van der Waals surface area contributed by atoms with Crippen LogP contribution in [-0.2, 0) is 16.2 Å². The zero-order valence-electron chi connectivity index (χ0n) is 22.2. The number of benzene rings is 2. The van der Waals surface area contributed by atoms with E-state index in [1.54, 1.807) is 0 Å². The summed E-state index contributed by atoms with van der Waals surface area (Å²) in [5.41, 5.74) is 2.59. The Bertz CT molecular complexity index is 1640. The molecule has 0 spiro atoms. The van der Waals surface area contributed by atoms with E-state index in [1.807, 2.05) is 37.3 Å². The molecule has 2 aromatic heterocycles. The minimum atomic E-state index is -5.16. The average molecular weight is 585 g/mol. The lowest BCUT2D eigenvalue weighted by Crippen LogP contribution is -2.57. The summed E-state index contributed by atoms with van der Waals surface area (Å²) in [5, 5.41) is 7.65. The summed E-state index contributed by atoms with van der Waals surface area (Å²) < 4.78 is 48.0. The Labute approximate surface area is 238 Å². The topological polar surface area (TPSA) is 107 Å². The number of nitrogens with one attached hydrogen (secondary N) is 2. The van der Waals surface area contributed by atoms with Crippen LogP contribution in [-0.4, -0.2) is 62.2 Å². The molecule has 1 aliphatic heterocycles. The molecule has 2 amide bonds. The average Bonchev–Trinajstić information content (AvgIpc) is 3.37. The van der Waals surface area contributed by atoms with Crippen molar-refractivity contribution in [2.75, 3.05) is 18.0 Å². The molecule has 2 atom stereocenters. The third-order valence-electron chi connectivity index (χ3n) is 7.13. The first-order chi connectivity index (χ1) is 19.5. The zero-order chi connectivity index (χ0) is 29.3. The molecule has 2 aromatic carbocycles. The molecule has 0 radical (unpaired) electrons. The lowest BCUT2D eigenvalue weighted by molar-refractivity contribution is -0.171. The quantitative estimate of drug-likeness (QED) is 0.302. The van der Waals surface area contributed by atoms with Crippen molar-refractivity contribution in [2.45, 2.75) is 45.0 Å². The molecule has 4 aromatic rings. The Balaban J connectivity index is 1.46. The maximum atomic E-state index is 13.9. The van der Waals surface area contributed by atoms with Gasteiger partial charge in [0.05, 0.1) is 11.6 Å². The fourth-order valence-corrected chi connectivity index (χ4v) is 5.38. The van der Waals surface area contributed by atoms with E-state index in [1.165, 1.54) is 36.1 Å². The van der Waals surface area contributed by atoms with Gasteiger partial charge in [-0.05, 0) is 62.0 Å². The molecular weight excluding hydrogens is 557 g/mol. The van der Waals surface area contributed by atoms with Crippen molar-refractivity contribution in [3.8, 4) is 5.75 Å². The smallest absolute Gasteiger partial charge is 0.471 e. The number of likely N-dealkylation sites (tertiary alicyclic amines) is 1. The fraction of sp³-hybridized carbons (Fsp3) is 0.321. The number of fused-ring (bicyclic) bond motifs is 1. The number of alkyl halides is 3. The second-order valence-electron chi connectivity index (χ2n) is 9.89. The number of carbonyl (C=O) groups excluding carboxylic acids is 2. The SMILES string of the molecule is CC(=O)N1CCC(c2n[nH]c(=S)[nH]2)C(N(C(=O)C(F)(F)F)c2ccc(OCc3cc(C)nc4ccccc34)cc2)C1. The lowest BCUT2D eigenvalue weighted by atomic mass is 9.88. The number of anilines is 1. The van der Waals surface area contributed by atoms with E-state index in [4.69, 9.17) is 17.0 Å². The van der Waals surface area contributed by atoms with Gasteiger partial charge in [-0.1, -0.05) is 18.2 Å². The fourth-order valence-electron chi connectivity index (χ4n) is 5.23. The molecule has 1 aliphatic rings. The number of pyridine rings is 1. The summed E-state index contributed by atoms with van der Waals surface area (Å²) in [6, 6.07) is 14.4. The summed E-state index contributed by atoms with van der Waals surface area (Å²) in [6.07, 6.45) is -4.88. The summed E-state index contributed by atoms with van der Waals surface area (Å²) in [4.78, 5) is 34.6. The Morgan fingerprint density at radius 2 is 1.90 bits per heavy atom. The third-order valence-corrected chi connectivity index (χ3v) is 7.32. The molecule has 5 rings (SSSR count). The van der Waals surface area contributed by atoms with Gasteiger partial charge in [0.1, 0.15) is 18.2 Å². The highest BCUT2D eigenvalue weighted by atomic mass is 32.1. The van der Waals surface area contributed by atoms with Gasteiger partial charge in [-0.15, -0.1) is 0 Å². The molecular formula is C28H27F3N6O3S. The van der Waals surface area contributed by atoms with E-state index in [9.17, 15) is 22.8 Å². The van der Waals surface area contributed by atoms with E-state index < -0.39 is 24.0 Å². The van der Waals surface area contributed by atoms with Crippen LogP contribution in [0.2, 0.25) is 0 Å². The molecule has 2 unspecified atom stereocenters. The van der Waals surface area contributed by atoms with Crippen molar-refractivity contribution in [3.63, 3.8) is 0 Å². The number of halogens is 3. The summed E-state index contributed by atoms with van der Waals surface area (Å²) in [7, 11) is 0. The molecule has 0 saturated carbocycles. The minimum absolute atomic E-state index is 0.0133. The van der Waals surface area contributed by atoms with Gasteiger partial charge in [0.2, 0.25) is 5.91 Å². The van der Waals surface area contributed by atoms with E-state index in [0.717, 1.165) is 22.2 Å². The minimum Gasteiger partial charge on any atom is -0.489 e. The summed E-state index contributed by atoms with van der Waals surface area (Å²) >= 11 is 5.07. The van der Waals surface area contributed by atoms with E-state index >= 15 is 0 Å².